The predicted octanol–water partition coefficient (Wildman–Crippen LogP) is 2.33. The molecular formula is C18H23ClN2O5S. The summed E-state index contributed by atoms with van der Waals surface area (Å²) in [6.45, 7) is 0.323. The molecule has 0 spiro atoms. The smallest absolute Gasteiger partial charge is 0.338 e. The summed E-state index contributed by atoms with van der Waals surface area (Å²) in [5.41, 5.74) is -0.0228. The number of carbonyl (C=O) groups excluding carboxylic acids is 2. The largest absolute Gasteiger partial charge is 0.452 e. The third-order valence-electron chi connectivity index (χ3n) is 5.36. The van der Waals surface area contributed by atoms with Crippen LogP contribution in [0.25, 0.3) is 0 Å². The second-order valence-corrected chi connectivity index (χ2v) is 9.04. The van der Waals surface area contributed by atoms with E-state index in [2.05, 4.69) is 0 Å². The number of carbonyl (C=O) groups is 2. The third-order valence-corrected chi connectivity index (χ3v) is 6.76. The first-order valence-electron chi connectivity index (χ1n) is 9.06. The fourth-order valence-electron chi connectivity index (χ4n) is 4.08. The van der Waals surface area contributed by atoms with Gasteiger partial charge in [-0.25, -0.2) is 18.4 Å². The average Bonchev–Trinajstić information content (AvgIpc) is 2.64. The zero-order valence-corrected chi connectivity index (χ0v) is 16.5. The van der Waals surface area contributed by atoms with Crippen LogP contribution in [0, 0.1) is 5.92 Å². The number of amides is 1. The summed E-state index contributed by atoms with van der Waals surface area (Å²) < 4.78 is 28.2. The molecule has 0 aromatic heterocycles. The van der Waals surface area contributed by atoms with Crippen molar-refractivity contribution in [1.82, 2.24) is 4.90 Å². The molecule has 9 heteroatoms. The molecule has 1 aliphatic heterocycles. The summed E-state index contributed by atoms with van der Waals surface area (Å²) in [7, 11) is -4.07. The Bertz CT molecular complexity index is 840. The van der Waals surface area contributed by atoms with Gasteiger partial charge in [0.1, 0.15) is 4.90 Å². The summed E-state index contributed by atoms with van der Waals surface area (Å²) in [6.07, 6.45) is 6.59. The zero-order chi connectivity index (χ0) is 19.6. The minimum absolute atomic E-state index is 0.0228. The lowest BCUT2D eigenvalue weighted by Gasteiger charge is -2.44. The molecule has 3 rings (SSSR count). The van der Waals surface area contributed by atoms with Gasteiger partial charge in [0, 0.05) is 12.6 Å². The lowest BCUT2D eigenvalue weighted by molar-refractivity contribution is -0.140. The number of nitrogens with zero attached hydrogens (tertiary/aromatic N) is 1. The quantitative estimate of drug-likeness (QED) is 0.761. The number of ether oxygens (including phenoxy) is 1. The van der Waals surface area contributed by atoms with Gasteiger partial charge in [-0.2, -0.15) is 0 Å². The van der Waals surface area contributed by atoms with Gasteiger partial charge in [0.05, 0.1) is 10.6 Å². The number of hydrogen-bond acceptors (Lipinski definition) is 5. The molecule has 27 heavy (non-hydrogen) atoms. The Labute approximate surface area is 163 Å². The van der Waals surface area contributed by atoms with Crippen molar-refractivity contribution in [2.24, 2.45) is 11.1 Å². The molecule has 0 unspecified atom stereocenters. The number of nitrogens with two attached hydrogens (primary N) is 1. The number of likely N-dealkylation sites (tertiary alicyclic amines) is 1. The summed E-state index contributed by atoms with van der Waals surface area (Å²) in [5, 5.41) is 5.00. The summed E-state index contributed by atoms with van der Waals surface area (Å²) in [6, 6.07) is 3.89. The van der Waals surface area contributed by atoms with E-state index in [1.807, 2.05) is 4.90 Å². The third kappa shape index (κ3) is 4.62. The standard InChI is InChI=1S/C18H23ClN2O5S/c19-14-8-7-13(10-16(14)27(20,24)25)18(23)26-11-17(22)21-9-3-5-12-4-1-2-6-15(12)21/h7-8,10,12,15H,1-6,9,11H2,(H2,20,24,25)/t12-,15+/m1/s1. The van der Waals surface area contributed by atoms with Gasteiger partial charge in [-0.05, 0) is 49.8 Å². The molecule has 7 nitrogen and oxygen atoms in total. The van der Waals surface area contributed by atoms with Crippen LogP contribution in [0.4, 0.5) is 0 Å². The Hall–Kier alpha value is -1.64. The molecule has 2 N–H and O–H groups in total. The fraction of sp³-hybridized carbons (Fsp3) is 0.556. The first kappa shape index (κ1) is 20.1. The van der Waals surface area contributed by atoms with E-state index in [9.17, 15) is 18.0 Å². The zero-order valence-electron chi connectivity index (χ0n) is 14.9. The maximum absolute atomic E-state index is 12.6. The molecule has 2 fully saturated rings. The lowest BCUT2D eigenvalue weighted by atomic mass is 9.78. The number of rotatable bonds is 4. The molecule has 1 amide bonds. The Balaban J connectivity index is 1.64. The van der Waals surface area contributed by atoms with Crippen LogP contribution in [-0.2, 0) is 19.6 Å². The first-order valence-corrected chi connectivity index (χ1v) is 11.0. The minimum Gasteiger partial charge on any atom is -0.452 e. The van der Waals surface area contributed by atoms with Crippen LogP contribution in [0.1, 0.15) is 48.9 Å². The molecule has 1 aliphatic carbocycles. The van der Waals surface area contributed by atoms with E-state index in [1.54, 1.807) is 0 Å². The van der Waals surface area contributed by atoms with Crippen molar-refractivity contribution in [3.8, 4) is 0 Å². The van der Waals surface area contributed by atoms with Crippen LogP contribution < -0.4 is 5.14 Å². The van der Waals surface area contributed by atoms with E-state index in [0.717, 1.165) is 38.2 Å². The highest BCUT2D eigenvalue weighted by Crippen LogP contribution is 2.35. The monoisotopic (exact) mass is 414 g/mol. The van der Waals surface area contributed by atoms with Crippen LogP contribution in [0.15, 0.2) is 23.1 Å². The lowest BCUT2D eigenvalue weighted by Crippen LogP contribution is -2.50. The molecule has 0 radical (unpaired) electrons. The number of fused-ring (bicyclic) bond motifs is 1. The average molecular weight is 415 g/mol. The maximum atomic E-state index is 12.6. The molecule has 1 aromatic rings. The van der Waals surface area contributed by atoms with Crippen molar-refractivity contribution in [3.05, 3.63) is 28.8 Å². The van der Waals surface area contributed by atoms with Crippen molar-refractivity contribution in [3.63, 3.8) is 0 Å². The van der Waals surface area contributed by atoms with E-state index in [4.69, 9.17) is 21.5 Å². The number of esters is 1. The molecule has 0 bridgehead atoms. The molecule has 1 aromatic carbocycles. The van der Waals surface area contributed by atoms with Crippen molar-refractivity contribution in [2.45, 2.75) is 49.5 Å². The topological polar surface area (TPSA) is 107 Å². The van der Waals surface area contributed by atoms with E-state index in [-0.39, 0.29) is 34.0 Å². The van der Waals surface area contributed by atoms with Gasteiger partial charge in [0.15, 0.2) is 6.61 Å². The van der Waals surface area contributed by atoms with Crippen LogP contribution in [0.5, 0.6) is 0 Å². The number of primary sulfonamides is 1. The Morgan fingerprint density at radius 3 is 2.63 bits per heavy atom. The number of halogens is 1. The van der Waals surface area contributed by atoms with Crippen molar-refractivity contribution in [1.29, 1.82) is 0 Å². The first-order chi connectivity index (χ1) is 12.8. The minimum atomic E-state index is -4.07. The molecule has 2 aliphatic rings. The number of sulfonamides is 1. The van der Waals surface area contributed by atoms with Gasteiger partial charge >= 0.3 is 5.97 Å². The second-order valence-electron chi connectivity index (χ2n) is 7.11. The van der Waals surface area contributed by atoms with Gasteiger partial charge in [0.25, 0.3) is 5.91 Å². The van der Waals surface area contributed by atoms with Gasteiger partial charge < -0.3 is 9.64 Å². The van der Waals surface area contributed by atoms with E-state index >= 15 is 0 Å². The predicted molar refractivity (Wildman–Crippen MR) is 99.8 cm³/mol. The molecule has 1 saturated carbocycles. The Kier molecular flexibility index (Phi) is 6.08. The van der Waals surface area contributed by atoms with Crippen LogP contribution in [0.2, 0.25) is 5.02 Å². The number of benzene rings is 1. The Morgan fingerprint density at radius 2 is 1.89 bits per heavy atom. The Morgan fingerprint density at radius 1 is 1.19 bits per heavy atom. The summed E-state index contributed by atoms with van der Waals surface area (Å²) in [4.78, 5) is 26.3. The van der Waals surface area contributed by atoms with Gasteiger partial charge in [-0.3, -0.25) is 4.79 Å². The fourth-order valence-corrected chi connectivity index (χ4v) is 5.15. The number of hydrogen-bond donors (Lipinski definition) is 1. The van der Waals surface area contributed by atoms with Crippen LogP contribution in [0.3, 0.4) is 0 Å². The van der Waals surface area contributed by atoms with Crippen molar-refractivity contribution in [2.75, 3.05) is 13.2 Å². The molecule has 2 atom stereocenters. The highest BCUT2D eigenvalue weighted by molar-refractivity contribution is 7.89. The normalized spacial score (nSPS) is 22.8. The van der Waals surface area contributed by atoms with Crippen LogP contribution >= 0.6 is 11.6 Å². The van der Waals surface area contributed by atoms with Gasteiger partial charge in [-0.15, -0.1) is 0 Å². The van der Waals surface area contributed by atoms with E-state index < -0.39 is 16.0 Å². The maximum Gasteiger partial charge on any atom is 0.338 e. The molecular weight excluding hydrogens is 392 g/mol. The SMILES string of the molecule is NS(=O)(=O)c1cc(C(=O)OCC(=O)N2CCC[C@H]3CCCC[C@@H]32)ccc1Cl. The van der Waals surface area contributed by atoms with E-state index in [1.165, 1.54) is 18.6 Å². The molecule has 1 saturated heterocycles. The highest BCUT2D eigenvalue weighted by atomic mass is 35.5. The van der Waals surface area contributed by atoms with Crippen LogP contribution in [-0.4, -0.2) is 44.4 Å². The second kappa shape index (κ2) is 8.16. The number of piperidine rings is 1. The summed E-state index contributed by atoms with van der Waals surface area (Å²) in [5.74, 6) is -0.455. The molecule has 1 heterocycles. The van der Waals surface area contributed by atoms with Crippen molar-refractivity contribution < 1.29 is 22.7 Å². The van der Waals surface area contributed by atoms with Gasteiger partial charge in [-0.1, -0.05) is 24.4 Å². The van der Waals surface area contributed by atoms with E-state index in [0.29, 0.717) is 12.5 Å². The van der Waals surface area contributed by atoms with Crippen molar-refractivity contribution >= 4 is 33.5 Å². The molecule has 148 valence electrons. The highest BCUT2D eigenvalue weighted by Gasteiger charge is 2.35. The van der Waals surface area contributed by atoms with Gasteiger partial charge in [0.2, 0.25) is 10.0 Å². The summed E-state index contributed by atoms with van der Waals surface area (Å²) >= 11 is 5.81.